The normalized spacial score (nSPS) is 13.7. The van der Waals surface area contributed by atoms with Crippen LogP contribution in [0.1, 0.15) is 33.4 Å². The summed E-state index contributed by atoms with van der Waals surface area (Å²) in [7, 11) is 0. The molecular formula is C13H17F3N4O. The van der Waals surface area contributed by atoms with E-state index in [4.69, 9.17) is 0 Å². The molecule has 8 heteroatoms. The van der Waals surface area contributed by atoms with Crippen LogP contribution in [0.2, 0.25) is 0 Å². The second kappa shape index (κ2) is 4.59. The van der Waals surface area contributed by atoms with Gasteiger partial charge in [0.25, 0.3) is 0 Å². The molecule has 0 radical (unpaired) electrons. The Hall–Kier alpha value is -1.83. The molecule has 21 heavy (non-hydrogen) atoms. The number of nitrogens with zero attached hydrogens (tertiary/aromatic N) is 3. The molecule has 0 saturated heterocycles. The van der Waals surface area contributed by atoms with Crippen molar-refractivity contribution in [2.75, 3.05) is 5.32 Å². The first-order chi connectivity index (χ1) is 9.42. The fourth-order valence-electron chi connectivity index (χ4n) is 1.61. The first-order valence-electron chi connectivity index (χ1n) is 6.34. The smallest absolute Gasteiger partial charge is 0.388 e. The zero-order valence-electron chi connectivity index (χ0n) is 12.2. The van der Waals surface area contributed by atoms with E-state index in [1.165, 1.54) is 12.4 Å². The van der Waals surface area contributed by atoms with Gasteiger partial charge in [0, 0.05) is 18.5 Å². The second-order valence-electron chi connectivity index (χ2n) is 5.94. The topological polar surface area (TPSA) is 62.5 Å². The van der Waals surface area contributed by atoms with Gasteiger partial charge in [0.2, 0.25) is 0 Å². The Morgan fingerprint density at radius 1 is 1.19 bits per heavy atom. The first-order valence-corrected chi connectivity index (χ1v) is 6.34. The van der Waals surface area contributed by atoms with Crippen molar-refractivity contribution in [2.45, 2.75) is 45.0 Å². The lowest BCUT2D eigenvalue weighted by Gasteiger charge is -2.38. The van der Waals surface area contributed by atoms with E-state index >= 15 is 0 Å². The van der Waals surface area contributed by atoms with Crippen LogP contribution in [-0.2, 0) is 6.18 Å². The van der Waals surface area contributed by atoms with Crippen LogP contribution in [0.25, 0.3) is 5.52 Å². The number of alkyl halides is 3. The molecule has 0 amide bonds. The highest BCUT2D eigenvalue weighted by atomic mass is 19.4. The Bertz CT molecular complexity index is 655. The van der Waals surface area contributed by atoms with Crippen molar-refractivity contribution in [1.82, 2.24) is 14.6 Å². The number of aromatic nitrogens is 3. The molecule has 0 aliphatic rings. The van der Waals surface area contributed by atoms with Gasteiger partial charge in [0.05, 0.1) is 11.1 Å². The van der Waals surface area contributed by atoms with Crippen LogP contribution in [0.4, 0.5) is 19.0 Å². The van der Waals surface area contributed by atoms with Crippen molar-refractivity contribution in [1.29, 1.82) is 0 Å². The Morgan fingerprint density at radius 3 is 2.33 bits per heavy atom. The Morgan fingerprint density at radius 2 is 1.81 bits per heavy atom. The van der Waals surface area contributed by atoms with Crippen molar-refractivity contribution in [3.63, 3.8) is 0 Å². The SMILES string of the molecule is CC(C)(O)C(C)(C)Nc1nccn2nc(C(F)(F)F)cc12. The third kappa shape index (κ3) is 2.94. The second-order valence-corrected chi connectivity index (χ2v) is 5.94. The predicted octanol–water partition coefficient (Wildman–Crippen LogP) is 2.71. The fourth-order valence-corrected chi connectivity index (χ4v) is 1.61. The molecule has 0 aromatic carbocycles. The van der Waals surface area contributed by atoms with Crippen molar-refractivity contribution in [3.05, 3.63) is 24.2 Å². The highest BCUT2D eigenvalue weighted by Crippen LogP contribution is 2.31. The quantitative estimate of drug-likeness (QED) is 0.915. The molecule has 2 aromatic heterocycles. The summed E-state index contributed by atoms with van der Waals surface area (Å²) in [6, 6.07) is 0.926. The third-order valence-electron chi connectivity index (χ3n) is 3.64. The Labute approximate surface area is 119 Å². The van der Waals surface area contributed by atoms with Crippen LogP contribution in [0, 0.1) is 0 Å². The monoisotopic (exact) mass is 302 g/mol. The third-order valence-corrected chi connectivity index (χ3v) is 3.64. The van der Waals surface area contributed by atoms with Gasteiger partial charge in [-0.1, -0.05) is 0 Å². The van der Waals surface area contributed by atoms with Crippen molar-refractivity contribution < 1.29 is 18.3 Å². The minimum Gasteiger partial charge on any atom is -0.388 e. The molecule has 5 nitrogen and oxygen atoms in total. The molecule has 2 aromatic rings. The number of fused-ring (bicyclic) bond motifs is 1. The molecule has 116 valence electrons. The van der Waals surface area contributed by atoms with Gasteiger partial charge < -0.3 is 10.4 Å². The van der Waals surface area contributed by atoms with E-state index in [0.29, 0.717) is 0 Å². The molecule has 2 rings (SSSR count). The van der Waals surface area contributed by atoms with E-state index in [2.05, 4.69) is 15.4 Å². The standard InChI is InChI=1S/C13H17F3N4O/c1-11(2,12(3,4)21)18-10-8-7-9(13(14,15)16)19-20(8)6-5-17-10/h5-7,21H,1-4H3,(H,17,18). The fraction of sp³-hybridized carbons (Fsp3) is 0.538. The predicted molar refractivity (Wildman–Crippen MR) is 72.0 cm³/mol. The van der Waals surface area contributed by atoms with Crippen LogP contribution >= 0.6 is 0 Å². The lowest BCUT2D eigenvalue weighted by molar-refractivity contribution is -0.141. The summed E-state index contributed by atoms with van der Waals surface area (Å²) in [4.78, 5) is 4.05. The van der Waals surface area contributed by atoms with Gasteiger partial charge in [0.15, 0.2) is 11.5 Å². The number of nitrogens with one attached hydrogen (secondary N) is 1. The molecule has 0 aliphatic heterocycles. The molecule has 0 aliphatic carbocycles. The van der Waals surface area contributed by atoms with Gasteiger partial charge in [0.1, 0.15) is 5.52 Å². The summed E-state index contributed by atoms with van der Waals surface area (Å²) in [5.41, 5.74) is -2.69. The van der Waals surface area contributed by atoms with Gasteiger partial charge in [-0.3, -0.25) is 0 Å². The Balaban J connectivity index is 2.48. The van der Waals surface area contributed by atoms with Crippen molar-refractivity contribution in [3.8, 4) is 0 Å². The number of rotatable bonds is 3. The number of hydrogen-bond acceptors (Lipinski definition) is 4. The lowest BCUT2D eigenvalue weighted by atomic mass is 9.86. The van der Waals surface area contributed by atoms with Gasteiger partial charge in [-0.15, -0.1) is 0 Å². The van der Waals surface area contributed by atoms with Crippen molar-refractivity contribution in [2.24, 2.45) is 0 Å². The summed E-state index contributed by atoms with van der Waals surface area (Å²) in [5, 5.41) is 16.6. The highest BCUT2D eigenvalue weighted by molar-refractivity contribution is 5.68. The molecule has 0 saturated carbocycles. The number of anilines is 1. The van der Waals surface area contributed by atoms with Crippen molar-refractivity contribution >= 4 is 11.3 Å². The van der Waals surface area contributed by atoms with Crippen LogP contribution < -0.4 is 5.32 Å². The molecule has 2 N–H and O–H groups in total. The minimum absolute atomic E-state index is 0.196. The molecule has 0 atom stereocenters. The molecule has 2 heterocycles. The van der Waals surface area contributed by atoms with Gasteiger partial charge in [-0.2, -0.15) is 18.3 Å². The zero-order chi connectivity index (χ0) is 16.1. The summed E-state index contributed by atoms with van der Waals surface area (Å²) >= 11 is 0. The summed E-state index contributed by atoms with van der Waals surface area (Å²) in [5.74, 6) is 0.229. The van der Waals surface area contributed by atoms with Crippen LogP contribution in [0.3, 0.4) is 0 Å². The molecule has 0 spiro atoms. The van der Waals surface area contributed by atoms with Crippen LogP contribution in [0.15, 0.2) is 18.5 Å². The molecule has 0 bridgehead atoms. The minimum atomic E-state index is -4.52. The van der Waals surface area contributed by atoms with E-state index < -0.39 is 23.0 Å². The van der Waals surface area contributed by atoms with E-state index in [9.17, 15) is 18.3 Å². The summed E-state index contributed by atoms with van der Waals surface area (Å²) < 4.78 is 39.3. The lowest BCUT2D eigenvalue weighted by Crippen LogP contribution is -2.51. The Kier molecular flexibility index (Phi) is 3.40. The van der Waals surface area contributed by atoms with E-state index in [1.807, 2.05) is 0 Å². The number of hydrogen-bond donors (Lipinski definition) is 2. The largest absolute Gasteiger partial charge is 0.435 e. The summed E-state index contributed by atoms with van der Waals surface area (Å²) in [6.45, 7) is 6.69. The number of aliphatic hydroxyl groups is 1. The van der Waals surface area contributed by atoms with Crippen LogP contribution in [0.5, 0.6) is 0 Å². The van der Waals surface area contributed by atoms with Gasteiger partial charge in [-0.25, -0.2) is 9.50 Å². The average molecular weight is 302 g/mol. The van der Waals surface area contributed by atoms with Gasteiger partial charge in [-0.05, 0) is 27.7 Å². The maximum absolute atomic E-state index is 12.7. The van der Waals surface area contributed by atoms with Crippen LogP contribution in [-0.4, -0.2) is 30.8 Å². The maximum Gasteiger partial charge on any atom is 0.435 e. The summed E-state index contributed by atoms with van der Waals surface area (Å²) in [6.07, 6.45) is -1.83. The van der Waals surface area contributed by atoms with E-state index in [1.54, 1.807) is 27.7 Å². The zero-order valence-corrected chi connectivity index (χ0v) is 12.2. The highest BCUT2D eigenvalue weighted by Gasteiger charge is 2.37. The molecule has 0 fully saturated rings. The van der Waals surface area contributed by atoms with Gasteiger partial charge >= 0.3 is 6.18 Å². The molecular weight excluding hydrogens is 285 g/mol. The average Bonchev–Trinajstić information content (AvgIpc) is 2.71. The first kappa shape index (κ1) is 15.6. The maximum atomic E-state index is 12.7. The van der Waals surface area contributed by atoms with E-state index in [0.717, 1.165) is 10.6 Å². The molecule has 0 unspecified atom stereocenters. The number of halogens is 3. The van der Waals surface area contributed by atoms with E-state index in [-0.39, 0.29) is 11.3 Å².